The number of benzene rings is 3. The van der Waals surface area contributed by atoms with Crippen molar-refractivity contribution in [1.82, 2.24) is 15.1 Å². The summed E-state index contributed by atoms with van der Waals surface area (Å²) in [5.41, 5.74) is 3.99. The number of hydrogen-bond donors (Lipinski definition) is 2. The van der Waals surface area contributed by atoms with Gasteiger partial charge in [0, 0.05) is 36.0 Å². The number of hydrogen-bond acceptors (Lipinski definition) is 4. The highest BCUT2D eigenvalue weighted by Gasteiger charge is 2.18. The van der Waals surface area contributed by atoms with Crippen LogP contribution in [0.15, 0.2) is 85.1 Å². The van der Waals surface area contributed by atoms with Gasteiger partial charge >= 0.3 is 0 Å². The summed E-state index contributed by atoms with van der Waals surface area (Å²) in [7, 11) is 1.57. The van der Waals surface area contributed by atoms with Crippen LogP contribution in [0.5, 0.6) is 0 Å². The van der Waals surface area contributed by atoms with E-state index in [9.17, 15) is 9.59 Å². The second-order valence-electron chi connectivity index (χ2n) is 7.81. The van der Waals surface area contributed by atoms with Crippen LogP contribution in [0.3, 0.4) is 0 Å². The molecule has 0 fully saturated rings. The predicted octanol–water partition coefficient (Wildman–Crippen LogP) is 4.75. The molecule has 4 aromatic rings. The summed E-state index contributed by atoms with van der Waals surface area (Å²) in [6.07, 6.45) is 1.92. The number of nitrogens with zero attached hydrogens (tertiary/aromatic N) is 2. The largest absolute Gasteiger partial charge is 0.383 e. The van der Waals surface area contributed by atoms with Crippen molar-refractivity contribution in [3.05, 3.63) is 101 Å². The smallest absolute Gasteiger partial charge is 0.253 e. The van der Waals surface area contributed by atoms with Gasteiger partial charge in [0.2, 0.25) is 5.91 Å². The van der Waals surface area contributed by atoms with Gasteiger partial charge in [0.25, 0.3) is 5.91 Å². The van der Waals surface area contributed by atoms with E-state index >= 15 is 0 Å². The van der Waals surface area contributed by atoms with E-state index in [1.165, 1.54) is 0 Å². The summed E-state index contributed by atoms with van der Waals surface area (Å²) in [6, 6.07) is 23.9. The number of amides is 2. The Hall–Kier alpha value is -3.94. The molecule has 0 saturated heterocycles. The molecule has 1 heterocycles. The lowest BCUT2D eigenvalue weighted by Crippen LogP contribution is -2.28. The summed E-state index contributed by atoms with van der Waals surface area (Å²) < 4.78 is 6.73. The lowest BCUT2D eigenvalue weighted by molar-refractivity contribution is -0.115. The summed E-state index contributed by atoms with van der Waals surface area (Å²) in [5, 5.41) is 11.0. The Labute approximate surface area is 208 Å². The van der Waals surface area contributed by atoms with Crippen molar-refractivity contribution in [2.24, 2.45) is 0 Å². The first kappa shape index (κ1) is 24.2. The molecule has 7 nitrogen and oxygen atoms in total. The molecule has 0 unspecified atom stereocenters. The molecule has 0 aliphatic carbocycles. The summed E-state index contributed by atoms with van der Waals surface area (Å²) >= 11 is 6.07. The quantitative estimate of drug-likeness (QED) is 0.333. The van der Waals surface area contributed by atoms with Crippen LogP contribution in [0.2, 0.25) is 5.02 Å². The second-order valence-corrected chi connectivity index (χ2v) is 8.25. The number of ether oxygens (including phenoxy) is 1. The number of rotatable bonds is 9. The Morgan fingerprint density at radius 1 is 0.971 bits per heavy atom. The Balaban J connectivity index is 1.58. The number of halogens is 1. The minimum atomic E-state index is -0.281. The van der Waals surface area contributed by atoms with Gasteiger partial charge in [-0.05, 0) is 36.4 Å². The zero-order valence-corrected chi connectivity index (χ0v) is 20.0. The highest BCUT2D eigenvalue weighted by atomic mass is 35.5. The first-order chi connectivity index (χ1) is 17.0. The van der Waals surface area contributed by atoms with E-state index in [1.54, 1.807) is 48.2 Å². The molecule has 8 heteroatoms. The van der Waals surface area contributed by atoms with Gasteiger partial charge < -0.3 is 15.4 Å². The van der Waals surface area contributed by atoms with E-state index in [0.29, 0.717) is 35.1 Å². The fraction of sp³-hybridized carbons (Fsp3) is 0.148. The average molecular weight is 489 g/mol. The van der Waals surface area contributed by atoms with Gasteiger partial charge in [-0.25, -0.2) is 4.68 Å². The fourth-order valence-corrected chi connectivity index (χ4v) is 3.75. The third-order valence-corrected chi connectivity index (χ3v) is 5.57. The van der Waals surface area contributed by atoms with Gasteiger partial charge in [0.15, 0.2) is 0 Å². The molecule has 0 radical (unpaired) electrons. The maximum atomic E-state index is 13.1. The molecule has 0 atom stereocenters. The molecule has 1 aromatic heterocycles. The first-order valence-electron chi connectivity index (χ1n) is 11.1. The van der Waals surface area contributed by atoms with Gasteiger partial charge in [0.05, 0.1) is 35.7 Å². The predicted molar refractivity (Wildman–Crippen MR) is 137 cm³/mol. The Morgan fingerprint density at radius 3 is 2.43 bits per heavy atom. The van der Waals surface area contributed by atoms with Crippen LogP contribution in [0.25, 0.3) is 16.9 Å². The number of anilines is 1. The molecule has 178 valence electrons. The van der Waals surface area contributed by atoms with Crippen LogP contribution in [-0.2, 0) is 16.0 Å². The molecule has 0 aliphatic rings. The highest BCUT2D eigenvalue weighted by Crippen LogP contribution is 2.26. The van der Waals surface area contributed by atoms with E-state index in [0.717, 1.165) is 16.8 Å². The van der Waals surface area contributed by atoms with Crippen LogP contribution in [0.1, 0.15) is 15.9 Å². The molecule has 0 bridgehead atoms. The van der Waals surface area contributed by atoms with E-state index in [-0.39, 0.29) is 18.2 Å². The number of nitrogens with one attached hydrogen (secondary N) is 2. The molecule has 3 aromatic carbocycles. The summed E-state index contributed by atoms with van der Waals surface area (Å²) in [5.74, 6) is -0.540. The lowest BCUT2D eigenvalue weighted by atomic mass is 10.1. The van der Waals surface area contributed by atoms with Crippen LogP contribution in [0.4, 0.5) is 5.69 Å². The van der Waals surface area contributed by atoms with Crippen molar-refractivity contribution in [1.29, 1.82) is 0 Å². The molecule has 2 N–H and O–H groups in total. The third-order valence-electron chi connectivity index (χ3n) is 5.32. The van der Waals surface area contributed by atoms with Crippen molar-refractivity contribution < 1.29 is 14.3 Å². The topological polar surface area (TPSA) is 85.3 Å². The van der Waals surface area contributed by atoms with Gasteiger partial charge in [-0.3, -0.25) is 9.59 Å². The van der Waals surface area contributed by atoms with E-state index in [2.05, 4.69) is 10.6 Å². The standard InChI is InChI=1S/C27H25ClN4O3/c1-35-16-15-29-27(34)23-9-5-6-10-24(23)30-25(33)17-20-18-32(22-7-3-2-4-8-22)31-26(20)19-11-13-21(28)14-12-19/h2-14,18H,15-17H2,1H3,(H,29,34)(H,30,33). The van der Waals surface area contributed by atoms with Crippen LogP contribution < -0.4 is 10.6 Å². The number of carbonyl (C=O) groups excluding carboxylic acids is 2. The fourth-order valence-electron chi connectivity index (χ4n) is 3.62. The molecule has 0 spiro atoms. The Morgan fingerprint density at radius 2 is 1.69 bits per heavy atom. The van der Waals surface area contributed by atoms with Crippen molar-refractivity contribution in [2.75, 3.05) is 25.6 Å². The number of para-hydroxylation sites is 2. The van der Waals surface area contributed by atoms with Crippen LogP contribution >= 0.6 is 11.6 Å². The van der Waals surface area contributed by atoms with Gasteiger partial charge in [-0.15, -0.1) is 0 Å². The maximum Gasteiger partial charge on any atom is 0.253 e. The van der Waals surface area contributed by atoms with Crippen molar-refractivity contribution in [2.45, 2.75) is 6.42 Å². The van der Waals surface area contributed by atoms with E-state index in [4.69, 9.17) is 21.4 Å². The Bertz CT molecular complexity index is 1300. The molecule has 2 amide bonds. The molecule has 0 aliphatic heterocycles. The monoisotopic (exact) mass is 488 g/mol. The van der Waals surface area contributed by atoms with Crippen LogP contribution in [-0.4, -0.2) is 41.9 Å². The molecular formula is C27H25ClN4O3. The van der Waals surface area contributed by atoms with Crippen LogP contribution in [0, 0.1) is 0 Å². The molecule has 4 rings (SSSR count). The van der Waals surface area contributed by atoms with E-state index in [1.807, 2.05) is 48.7 Å². The minimum Gasteiger partial charge on any atom is -0.383 e. The van der Waals surface area contributed by atoms with Crippen molar-refractivity contribution >= 4 is 29.1 Å². The SMILES string of the molecule is COCCNC(=O)c1ccccc1NC(=O)Cc1cn(-c2ccccc2)nc1-c1ccc(Cl)cc1. The third kappa shape index (κ3) is 6.15. The van der Waals surface area contributed by atoms with E-state index < -0.39 is 0 Å². The first-order valence-corrected chi connectivity index (χ1v) is 11.5. The Kier molecular flexibility index (Phi) is 7.92. The maximum absolute atomic E-state index is 13.1. The van der Waals surface area contributed by atoms with Crippen molar-refractivity contribution in [3.8, 4) is 16.9 Å². The molecular weight excluding hydrogens is 464 g/mol. The van der Waals surface area contributed by atoms with Gasteiger partial charge in [-0.1, -0.05) is 54.1 Å². The average Bonchev–Trinajstić information content (AvgIpc) is 3.29. The summed E-state index contributed by atoms with van der Waals surface area (Å²) in [4.78, 5) is 25.6. The highest BCUT2D eigenvalue weighted by molar-refractivity contribution is 6.30. The molecule has 35 heavy (non-hydrogen) atoms. The number of methoxy groups -OCH3 is 1. The minimum absolute atomic E-state index is 0.0738. The molecule has 0 saturated carbocycles. The summed E-state index contributed by atoms with van der Waals surface area (Å²) in [6.45, 7) is 0.778. The zero-order valence-electron chi connectivity index (χ0n) is 19.2. The number of carbonyl (C=O) groups is 2. The zero-order chi connectivity index (χ0) is 24.6. The second kappa shape index (κ2) is 11.5. The van der Waals surface area contributed by atoms with Gasteiger partial charge in [0.1, 0.15) is 0 Å². The van der Waals surface area contributed by atoms with Crippen molar-refractivity contribution in [3.63, 3.8) is 0 Å². The lowest BCUT2D eigenvalue weighted by Gasteiger charge is -2.11. The number of aromatic nitrogens is 2. The van der Waals surface area contributed by atoms with Gasteiger partial charge in [-0.2, -0.15) is 5.10 Å². The normalized spacial score (nSPS) is 10.7.